The van der Waals surface area contributed by atoms with Gasteiger partial charge in [-0.3, -0.25) is 4.79 Å². The van der Waals surface area contributed by atoms with Crippen LogP contribution >= 0.6 is 0 Å². The summed E-state index contributed by atoms with van der Waals surface area (Å²) < 4.78 is 5.50. The molecule has 0 spiro atoms. The van der Waals surface area contributed by atoms with Gasteiger partial charge in [0.25, 0.3) is 0 Å². The van der Waals surface area contributed by atoms with Crippen LogP contribution in [0.4, 0.5) is 4.79 Å². The minimum Gasteiger partial charge on any atom is -0.481 e. The molecule has 0 radical (unpaired) electrons. The number of hydrogen-bond acceptors (Lipinski definition) is 3. The van der Waals surface area contributed by atoms with E-state index < -0.39 is 5.97 Å². The smallest absolute Gasteiger partial charge is 0.407 e. The second-order valence-electron chi connectivity index (χ2n) is 6.81. The number of aliphatic carboxylic acids is 1. The van der Waals surface area contributed by atoms with Gasteiger partial charge in [0, 0.05) is 12.5 Å². The number of alkyl carbamates (subject to hydrolysis) is 1. The largest absolute Gasteiger partial charge is 0.481 e. The summed E-state index contributed by atoms with van der Waals surface area (Å²) in [6, 6.07) is 0.229. The van der Waals surface area contributed by atoms with Crippen molar-refractivity contribution in [2.75, 3.05) is 0 Å². The SMILES string of the molecule is O=C(O)CCCC1CCC(NC(=O)OC2CCCCC2)CC1. The fraction of sp³-hybridized carbons (Fsp3) is 0.882. The van der Waals surface area contributed by atoms with Gasteiger partial charge in [-0.2, -0.15) is 0 Å². The first-order valence-corrected chi connectivity index (χ1v) is 8.82. The predicted octanol–water partition coefficient (Wildman–Crippen LogP) is 3.86. The summed E-state index contributed by atoms with van der Waals surface area (Å²) in [5.74, 6) is -0.0902. The fourth-order valence-electron chi connectivity index (χ4n) is 3.67. The molecule has 5 nitrogen and oxygen atoms in total. The fourth-order valence-corrected chi connectivity index (χ4v) is 3.67. The summed E-state index contributed by atoms with van der Waals surface area (Å²) in [4.78, 5) is 22.4. The third kappa shape index (κ3) is 6.24. The van der Waals surface area contributed by atoms with Crippen molar-refractivity contribution in [3.8, 4) is 0 Å². The minimum atomic E-state index is -0.708. The lowest BCUT2D eigenvalue weighted by molar-refractivity contribution is -0.137. The molecule has 2 rings (SSSR count). The number of carboxylic acids is 1. The molecule has 0 aromatic rings. The molecule has 0 atom stereocenters. The topological polar surface area (TPSA) is 75.6 Å². The van der Waals surface area contributed by atoms with Crippen LogP contribution in [-0.4, -0.2) is 29.3 Å². The summed E-state index contributed by atoms with van der Waals surface area (Å²) >= 11 is 0. The zero-order chi connectivity index (χ0) is 15.8. The maximum atomic E-state index is 11.9. The van der Waals surface area contributed by atoms with Crippen molar-refractivity contribution in [2.24, 2.45) is 5.92 Å². The van der Waals surface area contributed by atoms with E-state index in [1.54, 1.807) is 0 Å². The van der Waals surface area contributed by atoms with Crippen molar-refractivity contribution in [1.29, 1.82) is 0 Å². The van der Waals surface area contributed by atoms with Crippen LogP contribution in [-0.2, 0) is 9.53 Å². The highest BCUT2D eigenvalue weighted by atomic mass is 16.6. The molecule has 0 aromatic heterocycles. The number of carboxylic acid groups (broad SMARTS) is 1. The Morgan fingerprint density at radius 3 is 2.32 bits per heavy atom. The number of rotatable bonds is 6. The van der Waals surface area contributed by atoms with Crippen LogP contribution in [0.5, 0.6) is 0 Å². The van der Waals surface area contributed by atoms with Crippen molar-refractivity contribution in [3.63, 3.8) is 0 Å². The Morgan fingerprint density at radius 1 is 1.00 bits per heavy atom. The van der Waals surface area contributed by atoms with E-state index >= 15 is 0 Å². The number of hydrogen-bond donors (Lipinski definition) is 2. The Kier molecular flexibility index (Phi) is 7.00. The number of carbonyl (C=O) groups excluding carboxylic acids is 1. The van der Waals surface area contributed by atoms with Gasteiger partial charge in [-0.25, -0.2) is 4.79 Å². The maximum absolute atomic E-state index is 11.9. The van der Waals surface area contributed by atoms with Crippen LogP contribution in [0.25, 0.3) is 0 Å². The summed E-state index contributed by atoms with van der Waals surface area (Å²) in [5, 5.41) is 11.7. The van der Waals surface area contributed by atoms with Gasteiger partial charge >= 0.3 is 12.1 Å². The average Bonchev–Trinajstić information content (AvgIpc) is 2.49. The molecule has 0 aliphatic heterocycles. The molecule has 1 amide bonds. The first kappa shape index (κ1) is 17.1. The van der Waals surface area contributed by atoms with E-state index in [2.05, 4.69) is 5.32 Å². The van der Waals surface area contributed by atoms with E-state index in [-0.39, 0.29) is 24.7 Å². The zero-order valence-electron chi connectivity index (χ0n) is 13.4. The molecule has 0 unspecified atom stereocenters. The van der Waals surface area contributed by atoms with Gasteiger partial charge in [0.05, 0.1) is 0 Å². The second-order valence-corrected chi connectivity index (χ2v) is 6.81. The zero-order valence-corrected chi connectivity index (χ0v) is 13.4. The predicted molar refractivity (Wildman–Crippen MR) is 83.7 cm³/mol. The molecule has 2 saturated carbocycles. The van der Waals surface area contributed by atoms with Gasteiger partial charge in [-0.15, -0.1) is 0 Å². The van der Waals surface area contributed by atoms with Gasteiger partial charge in [-0.1, -0.05) is 6.42 Å². The first-order valence-electron chi connectivity index (χ1n) is 8.82. The lowest BCUT2D eigenvalue weighted by atomic mass is 9.83. The van der Waals surface area contributed by atoms with Crippen LogP contribution in [0.15, 0.2) is 0 Å². The molecule has 2 fully saturated rings. The normalized spacial score (nSPS) is 26.4. The Bertz CT molecular complexity index is 358. The van der Waals surface area contributed by atoms with Crippen LogP contribution in [0, 0.1) is 5.92 Å². The molecule has 126 valence electrons. The van der Waals surface area contributed by atoms with Crippen LogP contribution < -0.4 is 5.32 Å². The van der Waals surface area contributed by atoms with Crippen molar-refractivity contribution in [3.05, 3.63) is 0 Å². The molecule has 0 aromatic carbocycles. The van der Waals surface area contributed by atoms with Crippen LogP contribution in [0.2, 0.25) is 0 Å². The van der Waals surface area contributed by atoms with Gasteiger partial charge < -0.3 is 15.2 Å². The minimum absolute atomic E-state index is 0.112. The van der Waals surface area contributed by atoms with E-state index in [1.165, 1.54) is 19.3 Å². The second kappa shape index (κ2) is 9.01. The Labute approximate surface area is 132 Å². The summed E-state index contributed by atoms with van der Waals surface area (Å²) in [7, 11) is 0. The third-order valence-corrected chi connectivity index (χ3v) is 5.00. The van der Waals surface area contributed by atoms with E-state index in [9.17, 15) is 9.59 Å². The van der Waals surface area contributed by atoms with Gasteiger partial charge in [-0.05, 0) is 70.1 Å². The molecule has 22 heavy (non-hydrogen) atoms. The first-order chi connectivity index (χ1) is 10.6. The molecule has 5 heteroatoms. The molecular formula is C17H29NO4. The van der Waals surface area contributed by atoms with Gasteiger partial charge in [0.15, 0.2) is 0 Å². The molecule has 2 N–H and O–H groups in total. The molecule has 2 aliphatic rings. The highest BCUT2D eigenvalue weighted by molar-refractivity contribution is 5.67. The Morgan fingerprint density at radius 2 is 1.68 bits per heavy atom. The van der Waals surface area contributed by atoms with Crippen LogP contribution in [0.3, 0.4) is 0 Å². The highest BCUT2D eigenvalue weighted by Gasteiger charge is 2.24. The number of nitrogens with one attached hydrogen (secondary N) is 1. The van der Waals surface area contributed by atoms with Crippen molar-refractivity contribution >= 4 is 12.1 Å². The molecular weight excluding hydrogens is 282 g/mol. The lowest BCUT2D eigenvalue weighted by Crippen LogP contribution is -2.39. The Hall–Kier alpha value is -1.26. The van der Waals surface area contributed by atoms with Gasteiger partial charge in [0.2, 0.25) is 0 Å². The van der Waals surface area contributed by atoms with Gasteiger partial charge in [0.1, 0.15) is 6.10 Å². The quantitative estimate of drug-likeness (QED) is 0.781. The van der Waals surface area contributed by atoms with E-state index in [0.717, 1.165) is 51.4 Å². The monoisotopic (exact) mass is 311 g/mol. The van der Waals surface area contributed by atoms with Crippen molar-refractivity contribution < 1.29 is 19.4 Å². The summed E-state index contributed by atoms with van der Waals surface area (Å²) in [5.41, 5.74) is 0. The number of ether oxygens (including phenoxy) is 1. The third-order valence-electron chi connectivity index (χ3n) is 5.00. The van der Waals surface area contributed by atoms with E-state index in [0.29, 0.717) is 5.92 Å². The number of carbonyl (C=O) groups is 2. The lowest BCUT2D eigenvalue weighted by Gasteiger charge is -2.30. The van der Waals surface area contributed by atoms with E-state index in [4.69, 9.17) is 9.84 Å². The maximum Gasteiger partial charge on any atom is 0.407 e. The summed E-state index contributed by atoms with van der Waals surface area (Å²) in [6.07, 6.45) is 11.6. The molecule has 0 saturated heterocycles. The average molecular weight is 311 g/mol. The molecule has 0 heterocycles. The Balaban J connectivity index is 1.58. The van der Waals surface area contributed by atoms with Crippen molar-refractivity contribution in [1.82, 2.24) is 5.32 Å². The molecule has 2 aliphatic carbocycles. The standard InChI is InChI=1S/C17H29NO4/c19-16(20)8-4-5-13-9-11-14(12-10-13)18-17(21)22-15-6-2-1-3-7-15/h13-15H,1-12H2,(H,18,21)(H,19,20). The number of amides is 1. The summed E-state index contributed by atoms with van der Waals surface area (Å²) in [6.45, 7) is 0. The highest BCUT2D eigenvalue weighted by Crippen LogP contribution is 2.28. The van der Waals surface area contributed by atoms with Crippen molar-refractivity contribution in [2.45, 2.75) is 89.2 Å². The van der Waals surface area contributed by atoms with Crippen LogP contribution in [0.1, 0.15) is 77.0 Å². The molecule has 0 bridgehead atoms. The van der Waals surface area contributed by atoms with E-state index in [1.807, 2.05) is 0 Å².